The summed E-state index contributed by atoms with van der Waals surface area (Å²) in [6.45, 7) is 6.69. The molecule has 0 fully saturated rings. The molecule has 0 saturated carbocycles. The van der Waals surface area contributed by atoms with Gasteiger partial charge in [0.1, 0.15) is 13.2 Å². The van der Waals surface area contributed by atoms with Gasteiger partial charge in [-0.2, -0.15) is 0 Å². The molecule has 0 aromatic heterocycles. The molecule has 0 aliphatic rings. The molecule has 0 aliphatic heterocycles. The Labute approximate surface area is 486 Å². The Balaban J connectivity index is 4.19. The second kappa shape index (κ2) is 67.1. The smallest absolute Gasteiger partial charge is 0.306 e. The monoisotopic (exact) mass is 1100 g/mol. The van der Waals surface area contributed by atoms with Crippen LogP contribution in [-0.4, -0.2) is 37.2 Å². The molecule has 0 aliphatic carbocycles. The van der Waals surface area contributed by atoms with Gasteiger partial charge >= 0.3 is 17.9 Å². The Morgan fingerprint density at radius 1 is 0.256 bits per heavy atom. The lowest BCUT2D eigenvalue weighted by atomic mass is 10.0. The fourth-order valence-electron chi connectivity index (χ4n) is 10.6. The largest absolute Gasteiger partial charge is 0.462 e. The number of esters is 3. The zero-order valence-corrected chi connectivity index (χ0v) is 52.7. The molecule has 0 heterocycles. The first kappa shape index (κ1) is 75.6. The summed E-state index contributed by atoms with van der Waals surface area (Å²) in [5, 5.41) is 0. The van der Waals surface area contributed by atoms with E-state index in [2.05, 4.69) is 57.2 Å². The van der Waals surface area contributed by atoms with E-state index in [9.17, 15) is 14.4 Å². The van der Waals surface area contributed by atoms with Crippen molar-refractivity contribution in [1.29, 1.82) is 0 Å². The summed E-state index contributed by atoms with van der Waals surface area (Å²) in [5.41, 5.74) is 0. The van der Waals surface area contributed by atoms with Crippen LogP contribution in [0.2, 0.25) is 0 Å². The number of ether oxygens (including phenoxy) is 3. The second-order valence-electron chi connectivity index (χ2n) is 23.8. The maximum Gasteiger partial charge on any atom is 0.306 e. The molecule has 0 spiro atoms. The predicted molar refractivity (Wildman–Crippen MR) is 339 cm³/mol. The van der Waals surface area contributed by atoms with Gasteiger partial charge in [0.25, 0.3) is 0 Å². The van der Waals surface area contributed by atoms with E-state index in [1.165, 1.54) is 276 Å². The van der Waals surface area contributed by atoms with Crippen LogP contribution in [0, 0.1) is 0 Å². The van der Waals surface area contributed by atoms with Gasteiger partial charge in [0.05, 0.1) is 0 Å². The Morgan fingerprint density at radius 2 is 0.462 bits per heavy atom. The lowest BCUT2D eigenvalue weighted by Crippen LogP contribution is -2.30. The quantitative estimate of drug-likeness (QED) is 0.0261. The molecular formula is C72H134O6. The third-order valence-electron chi connectivity index (χ3n) is 15.9. The molecule has 0 rings (SSSR count). The first-order valence-corrected chi connectivity index (χ1v) is 35.0. The molecule has 0 radical (unpaired) electrons. The van der Waals surface area contributed by atoms with Crippen molar-refractivity contribution in [3.8, 4) is 0 Å². The maximum atomic E-state index is 12.9. The summed E-state index contributed by atoms with van der Waals surface area (Å²) in [5.74, 6) is -0.849. The molecule has 0 N–H and O–H groups in total. The van der Waals surface area contributed by atoms with Crippen LogP contribution in [0.5, 0.6) is 0 Å². The van der Waals surface area contributed by atoms with E-state index in [4.69, 9.17) is 14.2 Å². The minimum Gasteiger partial charge on any atom is -0.462 e. The van der Waals surface area contributed by atoms with Crippen molar-refractivity contribution in [3.63, 3.8) is 0 Å². The highest BCUT2D eigenvalue weighted by Crippen LogP contribution is 2.18. The summed E-state index contributed by atoms with van der Waals surface area (Å²) in [6, 6.07) is 0. The van der Waals surface area contributed by atoms with Crippen molar-refractivity contribution in [2.45, 2.75) is 393 Å². The fourth-order valence-corrected chi connectivity index (χ4v) is 10.6. The predicted octanol–water partition coefficient (Wildman–Crippen LogP) is 23.9. The molecular weight excluding hydrogens is 961 g/mol. The van der Waals surface area contributed by atoms with Crippen LogP contribution < -0.4 is 0 Å². The van der Waals surface area contributed by atoms with Gasteiger partial charge in [0.2, 0.25) is 0 Å². The Bertz CT molecular complexity index is 1300. The van der Waals surface area contributed by atoms with Gasteiger partial charge in [-0.15, -0.1) is 0 Å². The van der Waals surface area contributed by atoms with E-state index in [0.29, 0.717) is 19.3 Å². The number of carbonyl (C=O) groups is 3. The lowest BCUT2D eigenvalue weighted by molar-refractivity contribution is -0.167. The van der Waals surface area contributed by atoms with Gasteiger partial charge < -0.3 is 14.2 Å². The summed E-state index contributed by atoms with van der Waals surface area (Å²) in [4.78, 5) is 38.4. The normalized spacial score (nSPS) is 12.2. The van der Waals surface area contributed by atoms with Crippen LogP contribution in [0.4, 0.5) is 0 Å². The van der Waals surface area contributed by atoms with E-state index in [-0.39, 0.29) is 31.1 Å². The zero-order chi connectivity index (χ0) is 56.4. The molecule has 0 bridgehead atoms. The van der Waals surface area contributed by atoms with E-state index in [1.807, 2.05) is 0 Å². The SMILES string of the molecule is CCCCCCC/C=C\C/C=C\CCCCCCCCCCCCCCCCCCCC(=O)OCC(COC(=O)CCCCCCC/C=C\CCCCCCCC)OC(=O)CCCCCCCCCCCCCCCCCC. The third kappa shape index (κ3) is 64.5. The molecule has 78 heavy (non-hydrogen) atoms. The van der Waals surface area contributed by atoms with Gasteiger partial charge in [-0.1, -0.05) is 327 Å². The van der Waals surface area contributed by atoms with Gasteiger partial charge in [-0.3, -0.25) is 14.4 Å². The van der Waals surface area contributed by atoms with Gasteiger partial charge in [-0.25, -0.2) is 0 Å². The number of hydrogen-bond acceptors (Lipinski definition) is 6. The minimum atomic E-state index is -0.772. The first-order valence-electron chi connectivity index (χ1n) is 35.0. The van der Waals surface area contributed by atoms with Crippen LogP contribution in [0.25, 0.3) is 0 Å². The zero-order valence-electron chi connectivity index (χ0n) is 52.7. The summed E-state index contributed by atoms with van der Waals surface area (Å²) >= 11 is 0. The molecule has 1 atom stereocenters. The number of hydrogen-bond donors (Lipinski definition) is 0. The molecule has 0 aromatic rings. The van der Waals surface area contributed by atoms with Crippen molar-refractivity contribution in [2.24, 2.45) is 0 Å². The van der Waals surface area contributed by atoms with Crippen LogP contribution in [-0.2, 0) is 28.6 Å². The van der Waals surface area contributed by atoms with Crippen LogP contribution in [0.15, 0.2) is 36.5 Å². The Kier molecular flexibility index (Phi) is 65.1. The number of rotatable bonds is 65. The highest BCUT2D eigenvalue weighted by atomic mass is 16.6. The molecule has 458 valence electrons. The van der Waals surface area contributed by atoms with Gasteiger partial charge in [-0.05, 0) is 77.0 Å². The Morgan fingerprint density at radius 3 is 0.718 bits per heavy atom. The second-order valence-corrected chi connectivity index (χ2v) is 23.8. The van der Waals surface area contributed by atoms with Crippen molar-refractivity contribution in [1.82, 2.24) is 0 Å². The number of allylic oxidation sites excluding steroid dienone is 6. The van der Waals surface area contributed by atoms with E-state index in [1.54, 1.807) is 0 Å². The van der Waals surface area contributed by atoms with Crippen molar-refractivity contribution in [2.75, 3.05) is 13.2 Å². The Hall–Kier alpha value is -2.37. The highest BCUT2D eigenvalue weighted by molar-refractivity contribution is 5.71. The highest BCUT2D eigenvalue weighted by Gasteiger charge is 2.19. The van der Waals surface area contributed by atoms with Gasteiger partial charge in [0.15, 0.2) is 6.10 Å². The number of carbonyl (C=O) groups excluding carboxylic acids is 3. The molecule has 0 aromatic carbocycles. The van der Waals surface area contributed by atoms with E-state index < -0.39 is 6.10 Å². The maximum absolute atomic E-state index is 12.9. The molecule has 6 nitrogen and oxygen atoms in total. The van der Waals surface area contributed by atoms with Crippen molar-refractivity contribution < 1.29 is 28.6 Å². The first-order chi connectivity index (χ1) is 38.5. The summed E-state index contributed by atoms with van der Waals surface area (Å²) in [7, 11) is 0. The molecule has 0 amide bonds. The molecule has 1 unspecified atom stereocenters. The van der Waals surface area contributed by atoms with Crippen LogP contribution in [0.3, 0.4) is 0 Å². The van der Waals surface area contributed by atoms with Crippen molar-refractivity contribution >= 4 is 17.9 Å². The summed E-state index contributed by atoms with van der Waals surface area (Å²) in [6.07, 6.45) is 83.1. The van der Waals surface area contributed by atoms with Gasteiger partial charge in [0, 0.05) is 19.3 Å². The lowest BCUT2D eigenvalue weighted by Gasteiger charge is -2.18. The van der Waals surface area contributed by atoms with Crippen molar-refractivity contribution in [3.05, 3.63) is 36.5 Å². The van der Waals surface area contributed by atoms with E-state index >= 15 is 0 Å². The summed E-state index contributed by atoms with van der Waals surface area (Å²) < 4.78 is 17.0. The average Bonchev–Trinajstić information content (AvgIpc) is 3.44. The average molecular weight is 1100 g/mol. The standard InChI is InChI=1S/C72H134O6/c1-4-7-10-13-16-19-22-25-28-30-31-32-33-34-35-36-37-38-39-40-41-42-45-47-50-53-56-59-62-65-71(74)77-68-69(67-76-70(73)64-61-58-55-52-49-46-43-27-24-21-18-15-12-9-6-3)78-72(75)66-63-60-57-54-51-48-44-29-26-23-20-17-14-11-8-5-2/h22,25,27,30-31,43,69H,4-21,23-24,26,28-29,32-42,44-68H2,1-3H3/b25-22-,31-30-,43-27-. The molecule has 0 saturated heterocycles. The van der Waals surface area contributed by atoms with Crippen LogP contribution in [0.1, 0.15) is 387 Å². The number of unbranched alkanes of at least 4 members (excludes halogenated alkanes) is 48. The fraction of sp³-hybridized carbons (Fsp3) is 0.875. The minimum absolute atomic E-state index is 0.0689. The van der Waals surface area contributed by atoms with E-state index in [0.717, 1.165) is 70.6 Å². The topological polar surface area (TPSA) is 78.9 Å². The third-order valence-corrected chi connectivity index (χ3v) is 15.9. The van der Waals surface area contributed by atoms with Crippen LogP contribution >= 0.6 is 0 Å². The molecule has 6 heteroatoms.